The van der Waals surface area contributed by atoms with Crippen molar-refractivity contribution in [1.82, 2.24) is 0 Å². The van der Waals surface area contributed by atoms with Gasteiger partial charge in [-0.3, -0.25) is 9.59 Å². The highest BCUT2D eigenvalue weighted by atomic mass is 16.4. The van der Waals surface area contributed by atoms with Crippen LogP contribution in [0.5, 0.6) is 0 Å². The fourth-order valence-corrected chi connectivity index (χ4v) is 0.987. The third kappa shape index (κ3) is 2.31. The number of hydrogen-bond acceptors (Lipinski definition) is 3. The van der Waals surface area contributed by atoms with Gasteiger partial charge in [0.25, 0.3) is 0 Å². The van der Waals surface area contributed by atoms with E-state index < -0.39 is 17.3 Å². The van der Waals surface area contributed by atoms with E-state index in [9.17, 15) is 9.59 Å². The Hall–Kier alpha value is -2.04. The number of nitrogens with one attached hydrogen (secondary N) is 1. The molecule has 1 aromatic carbocycles. The normalized spacial score (nSPS) is 10.9. The lowest BCUT2D eigenvalue weighted by Crippen LogP contribution is -2.37. The second-order valence-electron chi connectivity index (χ2n) is 3.97. The van der Waals surface area contributed by atoms with Crippen LogP contribution in [0.15, 0.2) is 24.3 Å². The SMILES string of the molecule is CC(C)(C(=O)O)C(=O)Nc1ccccc1N. The highest BCUT2D eigenvalue weighted by Crippen LogP contribution is 2.22. The van der Waals surface area contributed by atoms with Crippen LogP contribution in [0, 0.1) is 5.41 Å². The van der Waals surface area contributed by atoms with Crippen LogP contribution in [0.2, 0.25) is 0 Å². The van der Waals surface area contributed by atoms with Gasteiger partial charge in [0.05, 0.1) is 11.4 Å². The number of anilines is 2. The number of nitrogens with two attached hydrogens (primary N) is 1. The quantitative estimate of drug-likeness (QED) is 0.531. The second kappa shape index (κ2) is 4.22. The summed E-state index contributed by atoms with van der Waals surface area (Å²) < 4.78 is 0. The van der Waals surface area contributed by atoms with Crippen LogP contribution in [-0.2, 0) is 9.59 Å². The first-order valence-electron chi connectivity index (χ1n) is 4.75. The van der Waals surface area contributed by atoms with Gasteiger partial charge in [0.15, 0.2) is 0 Å². The number of carboxylic acids is 1. The topological polar surface area (TPSA) is 92.4 Å². The molecule has 0 radical (unpaired) electrons. The van der Waals surface area contributed by atoms with E-state index in [1.165, 1.54) is 13.8 Å². The Morgan fingerprint density at radius 2 is 1.88 bits per heavy atom. The van der Waals surface area contributed by atoms with Crippen LogP contribution in [0.4, 0.5) is 11.4 Å². The number of para-hydroxylation sites is 2. The Morgan fingerprint density at radius 3 is 2.38 bits per heavy atom. The number of amides is 1. The Labute approximate surface area is 93.3 Å². The van der Waals surface area contributed by atoms with Gasteiger partial charge < -0.3 is 16.2 Å². The number of rotatable bonds is 3. The molecule has 1 aromatic rings. The summed E-state index contributed by atoms with van der Waals surface area (Å²) in [5, 5.41) is 11.4. The van der Waals surface area contributed by atoms with Crippen molar-refractivity contribution in [3.63, 3.8) is 0 Å². The van der Waals surface area contributed by atoms with Crippen molar-refractivity contribution in [3.05, 3.63) is 24.3 Å². The molecular formula is C11H14N2O3. The van der Waals surface area contributed by atoms with E-state index in [1.807, 2.05) is 0 Å². The Bertz CT molecular complexity index is 427. The minimum absolute atomic E-state index is 0.400. The molecule has 86 valence electrons. The maximum absolute atomic E-state index is 11.7. The molecular weight excluding hydrogens is 208 g/mol. The summed E-state index contributed by atoms with van der Waals surface area (Å²) in [4.78, 5) is 22.5. The fraction of sp³-hybridized carbons (Fsp3) is 0.273. The zero-order valence-electron chi connectivity index (χ0n) is 9.15. The van der Waals surface area contributed by atoms with Crippen LogP contribution >= 0.6 is 0 Å². The molecule has 1 rings (SSSR count). The molecule has 0 bridgehead atoms. The Kier molecular flexibility index (Phi) is 3.17. The van der Waals surface area contributed by atoms with Gasteiger partial charge >= 0.3 is 5.97 Å². The summed E-state index contributed by atoms with van der Waals surface area (Å²) >= 11 is 0. The lowest BCUT2D eigenvalue weighted by molar-refractivity contribution is -0.151. The van der Waals surface area contributed by atoms with Crippen LogP contribution < -0.4 is 11.1 Å². The highest BCUT2D eigenvalue weighted by molar-refractivity contribution is 6.08. The molecule has 1 amide bonds. The maximum Gasteiger partial charge on any atom is 0.318 e. The minimum atomic E-state index is -1.48. The fourth-order valence-electron chi connectivity index (χ4n) is 0.987. The van der Waals surface area contributed by atoms with Crippen molar-refractivity contribution in [3.8, 4) is 0 Å². The van der Waals surface area contributed by atoms with E-state index in [1.54, 1.807) is 24.3 Å². The van der Waals surface area contributed by atoms with E-state index >= 15 is 0 Å². The van der Waals surface area contributed by atoms with Crippen molar-refractivity contribution >= 4 is 23.3 Å². The minimum Gasteiger partial charge on any atom is -0.480 e. The van der Waals surface area contributed by atoms with E-state index in [0.29, 0.717) is 11.4 Å². The zero-order valence-corrected chi connectivity index (χ0v) is 9.15. The smallest absolute Gasteiger partial charge is 0.318 e. The van der Waals surface area contributed by atoms with Crippen LogP contribution in [0.25, 0.3) is 0 Å². The number of aliphatic carboxylic acids is 1. The summed E-state index contributed by atoms with van der Waals surface area (Å²) in [5.41, 5.74) is 4.96. The largest absolute Gasteiger partial charge is 0.480 e. The second-order valence-corrected chi connectivity index (χ2v) is 3.97. The summed E-state index contributed by atoms with van der Waals surface area (Å²) in [6.07, 6.45) is 0. The Morgan fingerprint density at radius 1 is 1.31 bits per heavy atom. The van der Waals surface area contributed by atoms with Gasteiger partial charge in [-0.2, -0.15) is 0 Å². The molecule has 0 aliphatic carbocycles. The van der Waals surface area contributed by atoms with Crippen molar-refractivity contribution in [1.29, 1.82) is 0 Å². The third-order valence-electron chi connectivity index (χ3n) is 2.31. The van der Waals surface area contributed by atoms with E-state index in [2.05, 4.69) is 5.32 Å². The predicted molar refractivity (Wildman–Crippen MR) is 60.9 cm³/mol. The molecule has 16 heavy (non-hydrogen) atoms. The van der Waals surface area contributed by atoms with E-state index in [4.69, 9.17) is 10.8 Å². The predicted octanol–water partition coefficient (Wildman–Crippen LogP) is 1.32. The van der Waals surface area contributed by atoms with Crippen LogP contribution in [-0.4, -0.2) is 17.0 Å². The third-order valence-corrected chi connectivity index (χ3v) is 2.31. The summed E-state index contributed by atoms with van der Waals surface area (Å²) in [7, 11) is 0. The van der Waals surface area contributed by atoms with Crippen LogP contribution in [0.3, 0.4) is 0 Å². The van der Waals surface area contributed by atoms with Crippen LogP contribution in [0.1, 0.15) is 13.8 Å². The molecule has 0 fully saturated rings. The maximum atomic E-state index is 11.7. The number of hydrogen-bond donors (Lipinski definition) is 3. The van der Waals surface area contributed by atoms with Crippen molar-refractivity contribution in [2.24, 2.45) is 5.41 Å². The highest BCUT2D eigenvalue weighted by Gasteiger charge is 2.36. The standard InChI is InChI=1S/C11H14N2O3/c1-11(2,10(15)16)9(14)13-8-6-4-3-5-7(8)12/h3-6H,12H2,1-2H3,(H,13,14)(H,15,16). The zero-order chi connectivity index (χ0) is 12.3. The number of carbonyl (C=O) groups is 2. The molecule has 5 heteroatoms. The molecule has 0 aromatic heterocycles. The molecule has 5 nitrogen and oxygen atoms in total. The summed E-state index contributed by atoms with van der Waals surface area (Å²) in [6, 6.07) is 6.68. The first kappa shape index (κ1) is 12.0. The van der Waals surface area contributed by atoms with Gasteiger partial charge in [0, 0.05) is 0 Å². The molecule has 0 unspecified atom stereocenters. The van der Waals surface area contributed by atoms with Gasteiger partial charge in [0.1, 0.15) is 5.41 Å². The molecule has 4 N–H and O–H groups in total. The lowest BCUT2D eigenvalue weighted by atomic mass is 9.92. The number of nitrogen functional groups attached to an aromatic ring is 1. The van der Waals surface area contributed by atoms with Gasteiger partial charge in [0.2, 0.25) is 5.91 Å². The molecule has 0 heterocycles. The number of carboxylic acid groups (broad SMARTS) is 1. The van der Waals surface area contributed by atoms with Gasteiger partial charge in [-0.15, -0.1) is 0 Å². The van der Waals surface area contributed by atoms with Crippen molar-refractivity contribution in [2.45, 2.75) is 13.8 Å². The first-order valence-corrected chi connectivity index (χ1v) is 4.75. The molecule has 0 saturated carbocycles. The molecule has 0 saturated heterocycles. The van der Waals surface area contributed by atoms with Gasteiger partial charge in [-0.25, -0.2) is 0 Å². The van der Waals surface area contributed by atoms with Crippen molar-refractivity contribution in [2.75, 3.05) is 11.1 Å². The monoisotopic (exact) mass is 222 g/mol. The number of carbonyl (C=O) groups excluding carboxylic acids is 1. The average Bonchev–Trinajstić information content (AvgIpc) is 2.21. The van der Waals surface area contributed by atoms with Crippen molar-refractivity contribution < 1.29 is 14.7 Å². The van der Waals surface area contributed by atoms with Gasteiger partial charge in [-0.05, 0) is 26.0 Å². The summed E-state index contributed by atoms with van der Waals surface area (Å²) in [6.45, 7) is 2.67. The molecule has 0 aliphatic heterocycles. The average molecular weight is 222 g/mol. The lowest BCUT2D eigenvalue weighted by Gasteiger charge is -2.18. The molecule has 0 atom stereocenters. The van der Waals surface area contributed by atoms with E-state index in [-0.39, 0.29) is 0 Å². The Balaban J connectivity index is 2.88. The molecule has 0 aliphatic rings. The van der Waals surface area contributed by atoms with E-state index in [0.717, 1.165) is 0 Å². The summed E-state index contributed by atoms with van der Waals surface area (Å²) in [5.74, 6) is -1.78. The first-order chi connectivity index (χ1) is 7.35. The number of benzene rings is 1. The molecule has 0 spiro atoms. The van der Waals surface area contributed by atoms with Gasteiger partial charge in [-0.1, -0.05) is 12.1 Å².